The molecule has 1 atom stereocenters. The summed E-state index contributed by atoms with van der Waals surface area (Å²) in [5.41, 5.74) is 6.74. The summed E-state index contributed by atoms with van der Waals surface area (Å²) in [5, 5.41) is 0. The standard InChI is InChI=1S/C10H12N2O2/c1-3-8(11)9-5-4-7(6-12-9)10(13)14-2/h3-6,8H,1,11H2,2H3/t8-/m1/s1. The van der Waals surface area contributed by atoms with E-state index in [9.17, 15) is 4.79 Å². The number of ether oxygens (including phenoxy) is 1. The van der Waals surface area contributed by atoms with Crippen LogP contribution >= 0.6 is 0 Å². The van der Waals surface area contributed by atoms with E-state index in [1.165, 1.54) is 13.3 Å². The summed E-state index contributed by atoms with van der Waals surface area (Å²) in [7, 11) is 1.33. The molecule has 0 spiro atoms. The molecule has 1 heterocycles. The van der Waals surface area contributed by atoms with Gasteiger partial charge in [-0.05, 0) is 12.1 Å². The van der Waals surface area contributed by atoms with Gasteiger partial charge in [-0.25, -0.2) is 4.79 Å². The van der Waals surface area contributed by atoms with Crippen LogP contribution in [0.2, 0.25) is 0 Å². The van der Waals surface area contributed by atoms with Crippen molar-refractivity contribution in [2.24, 2.45) is 5.73 Å². The first-order valence-corrected chi connectivity index (χ1v) is 4.11. The van der Waals surface area contributed by atoms with Crippen molar-refractivity contribution in [1.29, 1.82) is 0 Å². The normalized spacial score (nSPS) is 11.9. The Labute approximate surface area is 82.4 Å². The smallest absolute Gasteiger partial charge is 0.339 e. The van der Waals surface area contributed by atoms with Gasteiger partial charge in [0.05, 0.1) is 24.4 Å². The number of carbonyl (C=O) groups excluding carboxylic acids is 1. The van der Waals surface area contributed by atoms with Crippen LogP contribution in [0, 0.1) is 0 Å². The fourth-order valence-corrected chi connectivity index (χ4v) is 0.962. The highest BCUT2D eigenvalue weighted by Crippen LogP contribution is 2.09. The van der Waals surface area contributed by atoms with Gasteiger partial charge in [0.1, 0.15) is 0 Å². The molecule has 0 bridgehead atoms. The number of rotatable bonds is 3. The second-order valence-electron chi connectivity index (χ2n) is 2.72. The molecule has 0 unspecified atom stereocenters. The van der Waals surface area contributed by atoms with Gasteiger partial charge in [-0.15, -0.1) is 6.58 Å². The summed E-state index contributed by atoms with van der Waals surface area (Å²) in [5.74, 6) is -0.406. The summed E-state index contributed by atoms with van der Waals surface area (Å²) in [6, 6.07) is 3.00. The Morgan fingerprint density at radius 1 is 1.71 bits per heavy atom. The summed E-state index contributed by atoms with van der Waals surface area (Å²) in [6.07, 6.45) is 3.02. The van der Waals surface area contributed by atoms with E-state index < -0.39 is 5.97 Å². The van der Waals surface area contributed by atoms with Crippen LogP contribution < -0.4 is 5.73 Å². The summed E-state index contributed by atoms with van der Waals surface area (Å²) >= 11 is 0. The maximum atomic E-state index is 11.1. The summed E-state index contributed by atoms with van der Waals surface area (Å²) in [6.45, 7) is 3.55. The quantitative estimate of drug-likeness (QED) is 0.574. The van der Waals surface area contributed by atoms with Gasteiger partial charge in [-0.1, -0.05) is 6.08 Å². The Balaban J connectivity index is 2.88. The fourth-order valence-electron chi connectivity index (χ4n) is 0.962. The number of nitrogens with two attached hydrogens (primary N) is 1. The van der Waals surface area contributed by atoms with Gasteiger partial charge in [0, 0.05) is 6.20 Å². The Morgan fingerprint density at radius 2 is 2.43 bits per heavy atom. The largest absolute Gasteiger partial charge is 0.465 e. The summed E-state index contributed by atoms with van der Waals surface area (Å²) in [4.78, 5) is 15.1. The molecule has 1 aromatic heterocycles. The third kappa shape index (κ3) is 2.17. The van der Waals surface area contributed by atoms with Gasteiger partial charge in [0.15, 0.2) is 0 Å². The third-order valence-electron chi connectivity index (χ3n) is 1.80. The number of nitrogens with zero attached hydrogens (tertiary/aromatic N) is 1. The highest BCUT2D eigenvalue weighted by atomic mass is 16.5. The molecular weight excluding hydrogens is 180 g/mol. The van der Waals surface area contributed by atoms with Gasteiger partial charge in [0.2, 0.25) is 0 Å². The van der Waals surface area contributed by atoms with Crippen LogP contribution in [0.1, 0.15) is 22.1 Å². The minimum Gasteiger partial charge on any atom is -0.465 e. The number of hydrogen-bond acceptors (Lipinski definition) is 4. The number of esters is 1. The number of pyridine rings is 1. The van der Waals surface area contributed by atoms with E-state index in [4.69, 9.17) is 5.73 Å². The number of hydrogen-bond donors (Lipinski definition) is 1. The molecule has 0 saturated heterocycles. The van der Waals surface area contributed by atoms with Crippen LogP contribution in [0.15, 0.2) is 31.0 Å². The molecule has 74 valence electrons. The highest BCUT2D eigenvalue weighted by molar-refractivity contribution is 5.88. The van der Waals surface area contributed by atoms with Gasteiger partial charge < -0.3 is 10.5 Å². The lowest BCUT2D eigenvalue weighted by Crippen LogP contribution is -2.09. The average molecular weight is 192 g/mol. The number of carbonyl (C=O) groups is 1. The minimum atomic E-state index is -0.406. The zero-order chi connectivity index (χ0) is 10.6. The molecule has 0 aliphatic rings. The fraction of sp³-hybridized carbons (Fsp3) is 0.200. The van der Waals surface area contributed by atoms with Crippen molar-refractivity contribution in [2.75, 3.05) is 7.11 Å². The molecular formula is C10H12N2O2. The lowest BCUT2D eigenvalue weighted by molar-refractivity contribution is 0.0600. The predicted octanol–water partition coefficient (Wildman–Crippen LogP) is 1.05. The van der Waals surface area contributed by atoms with Crippen molar-refractivity contribution in [3.05, 3.63) is 42.2 Å². The molecule has 0 radical (unpaired) electrons. The van der Waals surface area contributed by atoms with E-state index in [0.717, 1.165) is 0 Å². The SMILES string of the molecule is C=C[C@@H](N)c1ccc(C(=O)OC)cn1. The molecule has 0 aliphatic carbocycles. The van der Waals surface area contributed by atoms with Crippen molar-refractivity contribution < 1.29 is 9.53 Å². The Bertz CT molecular complexity index is 332. The molecule has 0 aromatic carbocycles. The second kappa shape index (κ2) is 4.53. The molecule has 0 aliphatic heterocycles. The molecule has 0 saturated carbocycles. The van der Waals surface area contributed by atoms with Crippen molar-refractivity contribution in [2.45, 2.75) is 6.04 Å². The molecule has 0 amide bonds. The second-order valence-corrected chi connectivity index (χ2v) is 2.72. The van der Waals surface area contributed by atoms with Crippen LogP contribution in [-0.2, 0) is 4.74 Å². The number of aromatic nitrogens is 1. The molecule has 0 fully saturated rings. The lowest BCUT2D eigenvalue weighted by Gasteiger charge is -2.05. The monoisotopic (exact) mass is 192 g/mol. The number of methoxy groups -OCH3 is 1. The lowest BCUT2D eigenvalue weighted by atomic mass is 10.2. The van der Waals surface area contributed by atoms with E-state index in [1.54, 1.807) is 18.2 Å². The van der Waals surface area contributed by atoms with E-state index in [1.807, 2.05) is 0 Å². The molecule has 4 nitrogen and oxygen atoms in total. The van der Waals surface area contributed by atoms with E-state index in [-0.39, 0.29) is 6.04 Å². The maximum Gasteiger partial charge on any atom is 0.339 e. The van der Waals surface area contributed by atoms with Crippen molar-refractivity contribution in [3.63, 3.8) is 0 Å². The van der Waals surface area contributed by atoms with Crippen LogP contribution in [0.25, 0.3) is 0 Å². The zero-order valence-corrected chi connectivity index (χ0v) is 7.93. The Morgan fingerprint density at radius 3 is 2.86 bits per heavy atom. The van der Waals surface area contributed by atoms with Crippen molar-refractivity contribution in [3.8, 4) is 0 Å². The van der Waals surface area contributed by atoms with E-state index >= 15 is 0 Å². The molecule has 1 rings (SSSR count). The Kier molecular flexibility index (Phi) is 3.36. The third-order valence-corrected chi connectivity index (χ3v) is 1.80. The summed E-state index contributed by atoms with van der Waals surface area (Å²) < 4.78 is 4.53. The predicted molar refractivity (Wildman–Crippen MR) is 52.7 cm³/mol. The molecule has 2 N–H and O–H groups in total. The van der Waals surface area contributed by atoms with Gasteiger partial charge in [-0.3, -0.25) is 4.98 Å². The first kappa shape index (κ1) is 10.4. The minimum absolute atomic E-state index is 0.304. The van der Waals surface area contributed by atoms with Gasteiger partial charge in [0.25, 0.3) is 0 Å². The van der Waals surface area contributed by atoms with Gasteiger partial charge in [-0.2, -0.15) is 0 Å². The molecule has 14 heavy (non-hydrogen) atoms. The topological polar surface area (TPSA) is 65.2 Å². The van der Waals surface area contributed by atoms with Crippen LogP contribution in [-0.4, -0.2) is 18.1 Å². The average Bonchev–Trinajstić information content (AvgIpc) is 2.27. The van der Waals surface area contributed by atoms with Crippen molar-refractivity contribution >= 4 is 5.97 Å². The highest BCUT2D eigenvalue weighted by Gasteiger charge is 2.07. The van der Waals surface area contributed by atoms with Gasteiger partial charge >= 0.3 is 5.97 Å². The Hall–Kier alpha value is -1.68. The zero-order valence-electron chi connectivity index (χ0n) is 7.93. The van der Waals surface area contributed by atoms with Crippen molar-refractivity contribution in [1.82, 2.24) is 4.98 Å². The van der Waals surface area contributed by atoms with Crippen LogP contribution in [0.3, 0.4) is 0 Å². The first-order chi connectivity index (χ1) is 6.69. The van der Waals surface area contributed by atoms with E-state index in [0.29, 0.717) is 11.3 Å². The first-order valence-electron chi connectivity index (χ1n) is 4.11. The van der Waals surface area contributed by atoms with Crippen LogP contribution in [0.4, 0.5) is 0 Å². The maximum absolute atomic E-state index is 11.1. The molecule has 4 heteroatoms. The van der Waals surface area contributed by atoms with Crippen LogP contribution in [0.5, 0.6) is 0 Å². The van der Waals surface area contributed by atoms with E-state index in [2.05, 4.69) is 16.3 Å². The molecule has 1 aromatic rings.